The molecule has 0 aliphatic rings. The van der Waals surface area contributed by atoms with Crippen molar-refractivity contribution in [2.75, 3.05) is 31.1 Å². The highest BCUT2D eigenvalue weighted by atomic mass is 16.5. The van der Waals surface area contributed by atoms with Crippen molar-refractivity contribution in [1.29, 1.82) is 0 Å². The minimum absolute atomic E-state index is 0.185. The Bertz CT molecular complexity index is 761. The molecule has 0 aromatic heterocycles. The molecule has 6 nitrogen and oxygen atoms in total. The zero-order valence-electron chi connectivity index (χ0n) is 15.2. The van der Waals surface area contributed by atoms with E-state index in [-0.39, 0.29) is 12.5 Å². The molecule has 0 saturated carbocycles. The van der Waals surface area contributed by atoms with Crippen LogP contribution in [-0.4, -0.2) is 38.1 Å². The third-order valence-corrected chi connectivity index (χ3v) is 3.89. The molecule has 2 aromatic rings. The summed E-state index contributed by atoms with van der Waals surface area (Å²) in [4.78, 5) is 25.3. The lowest BCUT2D eigenvalue weighted by Gasteiger charge is -2.23. The number of amides is 2. The summed E-state index contributed by atoms with van der Waals surface area (Å²) >= 11 is 0. The van der Waals surface area contributed by atoms with E-state index < -0.39 is 5.91 Å². The van der Waals surface area contributed by atoms with Gasteiger partial charge in [-0.05, 0) is 49.7 Å². The first-order chi connectivity index (χ1) is 12.5. The first-order valence-corrected chi connectivity index (χ1v) is 8.60. The van der Waals surface area contributed by atoms with E-state index in [1.807, 2.05) is 6.07 Å². The van der Waals surface area contributed by atoms with Crippen LogP contribution in [0.4, 0.5) is 5.69 Å². The number of benzene rings is 2. The van der Waals surface area contributed by atoms with Crippen molar-refractivity contribution in [2.45, 2.75) is 13.8 Å². The zero-order valence-corrected chi connectivity index (χ0v) is 15.2. The molecule has 0 saturated heterocycles. The predicted octanol–water partition coefficient (Wildman–Crippen LogP) is 2.12. The summed E-state index contributed by atoms with van der Waals surface area (Å²) in [7, 11) is 0. The van der Waals surface area contributed by atoms with Crippen molar-refractivity contribution >= 4 is 17.5 Å². The van der Waals surface area contributed by atoms with E-state index in [4.69, 9.17) is 10.5 Å². The standard InChI is InChI=1S/C20H25N3O3/c1-3-23(17-8-4-6-15(2)12-17)11-10-22-20(25)16-7-5-9-18(13-16)26-14-19(21)24/h4-9,12-13H,3,10-11,14H2,1-2H3,(H2,21,24)(H,22,25). The van der Waals surface area contributed by atoms with Crippen molar-refractivity contribution in [1.82, 2.24) is 5.32 Å². The van der Waals surface area contributed by atoms with Gasteiger partial charge in [-0.25, -0.2) is 0 Å². The van der Waals surface area contributed by atoms with Gasteiger partial charge in [0.15, 0.2) is 6.61 Å². The molecule has 0 spiro atoms. The first kappa shape index (κ1) is 19.3. The van der Waals surface area contributed by atoms with E-state index in [0.717, 1.165) is 12.2 Å². The minimum Gasteiger partial charge on any atom is -0.484 e. The molecular weight excluding hydrogens is 330 g/mol. The Morgan fingerprint density at radius 2 is 1.92 bits per heavy atom. The summed E-state index contributed by atoms with van der Waals surface area (Å²) in [5.74, 6) is -0.308. The molecule has 0 atom stereocenters. The average Bonchev–Trinajstić information content (AvgIpc) is 2.63. The number of carbonyl (C=O) groups excluding carboxylic acids is 2. The van der Waals surface area contributed by atoms with Gasteiger partial charge in [-0.15, -0.1) is 0 Å². The normalized spacial score (nSPS) is 10.2. The SMILES string of the molecule is CCN(CCNC(=O)c1cccc(OCC(N)=O)c1)c1cccc(C)c1. The highest BCUT2D eigenvalue weighted by Crippen LogP contribution is 2.15. The van der Waals surface area contributed by atoms with Gasteiger partial charge in [-0.3, -0.25) is 9.59 Å². The number of nitrogens with two attached hydrogens (primary N) is 1. The van der Waals surface area contributed by atoms with E-state index >= 15 is 0 Å². The summed E-state index contributed by atoms with van der Waals surface area (Å²) in [6.07, 6.45) is 0. The summed E-state index contributed by atoms with van der Waals surface area (Å²) in [6.45, 7) is 6.02. The molecule has 0 fully saturated rings. The quantitative estimate of drug-likeness (QED) is 0.721. The molecule has 2 rings (SSSR count). The zero-order chi connectivity index (χ0) is 18.9. The number of anilines is 1. The lowest BCUT2D eigenvalue weighted by atomic mass is 10.2. The number of hydrogen-bond donors (Lipinski definition) is 2. The molecule has 0 radical (unpaired) electrons. The molecule has 138 valence electrons. The molecule has 0 unspecified atom stereocenters. The van der Waals surface area contributed by atoms with Gasteiger partial charge in [0.25, 0.3) is 11.8 Å². The van der Waals surface area contributed by atoms with Crippen molar-refractivity contribution in [2.24, 2.45) is 5.73 Å². The predicted molar refractivity (Wildman–Crippen MR) is 103 cm³/mol. The monoisotopic (exact) mass is 355 g/mol. The van der Waals surface area contributed by atoms with Crippen molar-refractivity contribution in [3.8, 4) is 5.75 Å². The Morgan fingerprint density at radius 1 is 1.15 bits per heavy atom. The maximum Gasteiger partial charge on any atom is 0.255 e. The van der Waals surface area contributed by atoms with Crippen LogP contribution < -0.4 is 20.7 Å². The van der Waals surface area contributed by atoms with Crippen molar-refractivity contribution in [3.05, 3.63) is 59.7 Å². The summed E-state index contributed by atoms with van der Waals surface area (Å²) in [5, 5.41) is 2.91. The summed E-state index contributed by atoms with van der Waals surface area (Å²) in [6, 6.07) is 15.0. The summed E-state index contributed by atoms with van der Waals surface area (Å²) in [5.41, 5.74) is 7.88. The van der Waals surface area contributed by atoms with E-state index in [0.29, 0.717) is 24.4 Å². The second kappa shape index (κ2) is 9.46. The molecular formula is C20H25N3O3. The van der Waals surface area contributed by atoms with E-state index in [1.54, 1.807) is 24.3 Å². The second-order valence-corrected chi connectivity index (χ2v) is 5.96. The number of nitrogens with one attached hydrogen (secondary N) is 1. The molecule has 0 aliphatic heterocycles. The fourth-order valence-electron chi connectivity index (χ4n) is 2.58. The van der Waals surface area contributed by atoms with E-state index in [9.17, 15) is 9.59 Å². The largest absolute Gasteiger partial charge is 0.484 e. The van der Waals surface area contributed by atoms with Gasteiger partial charge < -0.3 is 20.7 Å². The maximum atomic E-state index is 12.3. The van der Waals surface area contributed by atoms with Crippen LogP contribution >= 0.6 is 0 Å². The third kappa shape index (κ3) is 5.81. The van der Waals surface area contributed by atoms with Gasteiger partial charge in [-0.2, -0.15) is 0 Å². The van der Waals surface area contributed by atoms with Crippen molar-refractivity contribution < 1.29 is 14.3 Å². The van der Waals surface area contributed by atoms with Gasteiger partial charge >= 0.3 is 0 Å². The van der Waals surface area contributed by atoms with E-state index in [2.05, 4.69) is 42.3 Å². The second-order valence-electron chi connectivity index (χ2n) is 5.96. The van der Waals surface area contributed by atoms with Crippen LogP contribution in [0.5, 0.6) is 5.75 Å². The van der Waals surface area contributed by atoms with Gasteiger partial charge in [0, 0.05) is 30.9 Å². The highest BCUT2D eigenvalue weighted by Gasteiger charge is 2.09. The number of likely N-dealkylation sites (N-methyl/N-ethyl adjacent to an activating group) is 1. The maximum absolute atomic E-state index is 12.3. The minimum atomic E-state index is -0.560. The Balaban J connectivity index is 1.89. The topological polar surface area (TPSA) is 84.7 Å². The molecule has 2 aromatic carbocycles. The highest BCUT2D eigenvalue weighted by molar-refractivity contribution is 5.94. The Kier molecular flexibility index (Phi) is 7.02. The van der Waals surface area contributed by atoms with Crippen LogP contribution in [0.1, 0.15) is 22.8 Å². The van der Waals surface area contributed by atoms with Gasteiger partial charge in [0.05, 0.1) is 0 Å². The number of ether oxygens (including phenoxy) is 1. The van der Waals surface area contributed by atoms with Gasteiger partial charge in [-0.1, -0.05) is 18.2 Å². The number of nitrogens with zero attached hydrogens (tertiary/aromatic N) is 1. The number of rotatable bonds is 9. The lowest BCUT2D eigenvalue weighted by Crippen LogP contribution is -2.35. The van der Waals surface area contributed by atoms with Gasteiger partial charge in [0.1, 0.15) is 5.75 Å². The van der Waals surface area contributed by atoms with Crippen LogP contribution in [-0.2, 0) is 4.79 Å². The Hall–Kier alpha value is -3.02. The molecule has 6 heteroatoms. The lowest BCUT2D eigenvalue weighted by molar-refractivity contribution is -0.119. The molecule has 3 N–H and O–H groups in total. The van der Waals surface area contributed by atoms with Crippen LogP contribution in [0.15, 0.2) is 48.5 Å². The number of carbonyl (C=O) groups is 2. The van der Waals surface area contributed by atoms with Crippen LogP contribution in [0.2, 0.25) is 0 Å². The number of primary amides is 1. The van der Waals surface area contributed by atoms with Crippen molar-refractivity contribution in [3.63, 3.8) is 0 Å². The first-order valence-electron chi connectivity index (χ1n) is 8.60. The molecule has 26 heavy (non-hydrogen) atoms. The average molecular weight is 355 g/mol. The smallest absolute Gasteiger partial charge is 0.255 e. The molecule has 2 amide bonds. The van der Waals surface area contributed by atoms with Gasteiger partial charge in [0.2, 0.25) is 0 Å². The van der Waals surface area contributed by atoms with E-state index in [1.165, 1.54) is 5.56 Å². The Labute approximate surface area is 153 Å². The molecule has 0 heterocycles. The van der Waals surface area contributed by atoms with Crippen LogP contribution in [0.25, 0.3) is 0 Å². The van der Waals surface area contributed by atoms with Crippen LogP contribution in [0.3, 0.4) is 0 Å². The molecule has 0 bridgehead atoms. The Morgan fingerprint density at radius 3 is 2.62 bits per heavy atom. The number of aryl methyl sites for hydroxylation is 1. The van der Waals surface area contributed by atoms with Crippen LogP contribution in [0, 0.1) is 6.92 Å². The summed E-state index contributed by atoms with van der Waals surface area (Å²) < 4.78 is 5.22. The fourth-order valence-corrected chi connectivity index (χ4v) is 2.58. The molecule has 0 aliphatic carbocycles. The fraction of sp³-hybridized carbons (Fsp3) is 0.300. The number of hydrogen-bond acceptors (Lipinski definition) is 4. The third-order valence-electron chi connectivity index (χ3n) is 3.89.